The fourth-order valence-corrected chi connectivity index (χ4v) is 2.78. The molecule has 0 aliphatic heterocycles. The van der Waals surface area contributed by atoms with E-state index in [-0.39, 0.29) is 22.3 Å². The zero-order valence-corrected chi connectivity index (χ0v) is 15.5. The fourth-order valence-electron chi connectivity index (χ4n) is 2.45. The molecule has 0 radical (unpaired) electrons. The lowest BCUT2D eigenvalue weighted by Crippen LogP contribution is -2.41. The Morgan fingerprint density at radius 3 is 2.44 bits per heavy atom. The zero-order chi connectivity index (χ0) is 19.4. The Balaban J connectivity index is 1.83. The number of carbonyl (C=O) groups is 1. The van der Waals surface area contributed by atoms with Gasteiger partial charge in [0.05, 0.1) is 11.6 Å². The van der Waals surface area contributed by atoms with Crippen LogP contribution in [0.1, 0.15) is 5.56 Å². The number of hydrogen-bond donors (Lipinski definition) is 0. The van der Waals surface area contributed by atoms with Crippen molar-refractivity contribution in [3.8, 4) is 5.75 Å². The van der Waals surface area contributed by atoms with E-state index in [2.05, 4.69) is 0 Å². The Bertz CT molecular complexity index is 1090. The van der Waals surface area contributed by atoms with Crippen LogP contribution in [0, 0.1) is 0 Å². The van der Waals surface area contributed by atoms with Crippen molar-refractivity contribution >= 4 is 29.2 Å². The maximum atomic E-state index is 12.6. The van der Waals surface area contributed by atoms with Gasteiger partial charge in [-0.05, 0) is 17.7 Å². The van der Waals surface area contributed by atoms with E-state index in [1.165, 1.54) is 22.9 Å². The van der Waals surface area contributed by atoms with Crippen molar-refractivity contribution < 1.29 is 9.53 Å². The number of ether oxygens (including phenoxy) is 1. The van der Waals surface area contributed by atoms with E-state index in [1.807, 2.05) is 30.3 Å². The number of aromatic nitrogens is 2. The first-order chi connectivity index (χ1) is 13.0. The molecule has 0 fully saturated rings. The van der Waals surface area contributed by atoms with Crippen LogP contribution in [0.2, 0.25) is 10.0 Å². The van der Waals surface area contributed by atoms with Crippen molar-refractivity contribution in [2.45, 2.75) is 13.1 Å². The van der Waals surface area contributed by atoms with Gasteiger partial charge in [0, 0.05) is 12.3 Å². The lowest BCUT2D eigenvalue weighted by Gasteiger charge is -2.11. The summed E-state index contributed by atoms with van der Waals surface area (Å²) in [6.07, 6.45) is 1.40. The summed E-state index contributed by atoms with van der Waals surface area (Å²) < 4.78 is 7.29. The molecule has 0 N–H and O–H groups in total. The number of rotatable bonds is 5. The lowest BCUT2D eigenvalue weighted by molar-refractivity contribution is -0.135. The number of hydrogen-bond acceptors (Lipinski definition) is 4. The van der Waals surface area contributed by atoms with Crippen LogP contribution in [0.25, 0.3) is 0 Å². The Morgan fingerprint density at radius 2 is 1.70 bits per heavy atom. The molecular formula is C19H14Cl2N2O4. The normalized spacial score (nSPS) is 10.6. The lowest BCUT2D eigenvalue weighted by atomic mass is 10.2. The highest BCUT2D eigenvalue weighted by molar-refractivity contribution is 6.43. The maximum absolute atomic E-state index is 12.6. The van der Waals surface area contributed by atoms with Gasteiger partial charge in [-0.1, -0.05) is 59.6 Å². The minimum absolute atomic E-state index is 0.0581. The van der Waals surface area contributed by atoms with E-state index in [0.717, 1.165) is 10.1 Å². The van der Waals surface area contributed by atoms with Crippen molar-refractivity contribution in [2.75, 3.05) is 0 Å². The Hall–Kier alpha value is -2.83. The van der Waals surface area contributed by atoms with E-state index in [4.69, 9.17) is 27.9 Å². The second kappa shape index (κ2) is 8.24. The van der Waals surface area contributed by atoms with Gasteiger partial charge < -0.3 is 4.74 Å². The minimum Gasteiger partial charge on any atom is -0.424 e. The third kappa shape index (κ3) is 4.48. The molecule has 2 aromatic carbocycles. The largest absolute Gasteiger partial charge is 0.424 e. The second-order valence-electron chi connectivity index (χ2n) is 5.66. The molecule has 0 saturated heterocycles. The predicted octanol–water partition coefficient (Wildman–Crippen LogP) is 2.97. The fraction of sp³-hybridized carbons (Fsp3) is 0.105. The van der Waals surface area contributed by atoms with Crippen LogP contribution in [0.15, 0.2) is 70.4 Å². The highest BCUT2D eigenvalue weighted by Gasteiger charge is 2.14. The van der Waals surface area contributed by atoms with E-state index in [9.17, 15) is 14.4 Å². The van der Waals surface area contributed by atoms with E-state index in [0.29, 0.717) is 0 Å². The van der Waals surface area contributed by atoms with Gasteiger partial charge in [-0.3, -0.25) is 9.36 Å². The number of benzene rings is 2. The Labute approximate surface area is 164 Å². The molecule has 0 aliphatic rings. The van der Waals surface area contributed by atoms with Crippen LogP contribution in [0.3, 0.4) is 0 Å². The van der Waals surface area contributed by atoms with Crippen molar-refractivity contribution in [1.82, 2.24) is 9.13 Å². The van der Waals surface area contributed by atoms with Crippen LogP contribution >= 0.6 is 23.2 Å². The van der Waals surface area contributed by atoms with Crippen LogP contribution in [-0.2, 0) is 17.9 Å². The smallest absolute Gasteiger partial charge is 0.331 e. The molecule has 6 nitrogen and oxygen atoms in total. The average molecular weight is 405 g/mol. The van der Waals surface area contributed by atoms with Crippen LogP contribution in [0.4, 0.5) is 0 Å². The van der Waals surface area contributed by atoms with Crippen molar-refractivity contribution in [3.05, 3.63) is 97.2 Å². The Morgan fingerprint density at radius 1 is 0.963 bits per heavy atom. The summed E-state index contributed by atoms with van der Waals surface area (Å²) in [6, 6.07) is 15.1. The average Bonchev–Trinajstić information content (AvgIpc) is 2.66. The van der Waals surface area contributed by atoms with E-state index < -0.39 is 23.8 Å². The van der Waals surface area contributed by atoms with Gasteiger partial charge >= 0.3 is 11.7 Å². The summed E-state index contributed by atoms with van der Waals surface area (Å²) >= 11 is 11.8. The first kappa shape index (κ1) is 18.9. The summed E-state index contributed by atoms with van der Waals surface area (Å²) in [5, 5.41) is 0.304. The van der Waals surface area contributed by atoms with E-state index >= 15 is 0 Å². The molecule has 0 spiro atoms. The van der Waals surface area contributed by atoms with Gasteiger partial charge in [0.2, 0.25) is 0 Å². The van der Waals surface area contributed by atoms with Gasteiger partial charge in [0.25, 0.3) is 5.56 Å². The molecule has 0 amide bonds. The van der Waals surface area contributed by atoms with Crippen molar-refractivity contribution in [2.24, 2.45) is 0 Å². The van der Waals surface area contributed by atoms with Gasteiger partial charge in [-0.15, -0.1) is 0 Å². The molecule has 8 heteroatoms. The summed E-state index contributed by atoms with van der Waals surface area (Å²) in [6.45, 7) is -0.273. The molecule has 1 heterocycles. The molecule has 0 aliphatic carbocycles. The van der Waals surface area contributed by atoms with Crippen molar-refractivity contribution in [1.29, 1.82) is 0 Å². The predicted molar refractivity (Wildman–Crippen MR) is 103 cm³/mol. The molecule has 27 heavy (non-hydrogen) atoms. The molecule has 138 valence electrons. The molecule has 0 unspecified atom stereocenters. The molecule has 3 rings (SSSR count). The summed E-state index contributed by atoms with van der Waals surface area (Å²) in [5.74, 6) is -0.751. The number of nitrogens with zero attached hydrogens (tertiary/aromatic N) is 2. The van der Waals surface area contributed by atoms with Gasteiger partial charge in [-0.25, -0.2) is 14.2 Å². The Kier molecular flexibility index (Phi) is 5.78. The summed E-state index contributed by atoms with van der Waals surface area (Å²) in [7, 11) is 0. The first-order valence-corrected chi connectivity index (χ1v) is 8.70. The molecule has 0 atom stereocenters. The highest BCUT2D eigenvalue weighted by Crippen LogP contribution is 2.31. The zero-order valence-electron chi connectivity index (χ0n) is 14.0. The van der Waals surface area contributed by atoms with Crippen LogP contribution < -0.4 is 16.0 Å². The summed E-state index contributed by atoms with van der Waals surface area (Å²) in [4.78, 5) is 36.8. The third-order valence-electron chi connectivity index (χ3n) is 3.76. The van der Waals surface area contributed by atoms with E-state index in [1.54, 1.807) is 12.1 Å². The van der Waals surface area contributed by atoms with Crippen LogP contribution in [0.5, 0.6) is 5.75 Å². The molecular weight excluding hydrogens is 391 g/mol. The standard InChI is InChI=1S/C19H14Cl2N2O4/c20-14-7-4-8-15(18(14)21)27-17(25)12-23-16(24)9-10-22(19(23)26)11-13-5-2-1-3-6-13/h1-10H,11-12H2. The second-order valence-corrected chi connectivity index (χ2v) is 6.45. The van der Waals surface area contributed by atoms with Gasteiger partial charge in [0.15, 0.2) is 5.75 Å². The molecule has 1 aromatic heterocycles. The number of halogens is 2. The minimum atomic E-state index is -0.809. The highest BCUT2D eigenvalue weighted by atomic mass is 35.5. The van der Waals surface area contributed by atoms with Gasteiger partial charge in [0.1, 0.15) is 11.6 Å². The molecule has 3 aromatic rings. The summed E-state index contributed by atoms with van der Waals surface area (Å²) in [5.41, 5.74) is -0.322. The number of esters is 1. The SMILES string of the molecule is O=C(Cn1c(=O)ccn(Cc2ccccc2)c1=O)Oc1cccc(Cl)c1Cl. The van der Waals surface area contributed by atoms with Gasteiger partial charge in [-0.2, -0.15) is 0 Å². The monoisotopic (exact) mass is 404 g/mol. The number of carbonyl (C=O) groups excluding carboxylic acids is 1. The molecule has 0 saturated carbocycles. The first-order valence-electron chi connectivity index (χ1n) is 7.94. The van der Waals surface area contributed by atoms with Crippen molar-refractivity contribution in [3.63, 3.8) is 0 Å². The maximum Gasteiger partial charge on any atom is 0.331 e. The quantitative estimate of drug-likeness (QED) is 0.484. The van der Waals surface area contributed by atoms with Crippen LogP contribution in [-0.4, -0.2) is 15.1 Å². The molecule has 0 bridgehead atoms. The third-order valence-corrected chi connectivity index (χ3v) is 4.56. The topological polar surface area (TPSA) is 70.3 Å².